The molecule has 3 rings (SSSR count). The Balaban J connectivity index is 1.58. The van der Waals surface area contributed by atoms with Gasteiger partial charge in [0, 0.05) is 12.1 Å². The Bertz CT molecular complexity index is 1030. The van der Waals surface area contributed by atoms with Crippen molar-refractivity contribution < 1.29 is 14.5 Å². The zero-order valence-electron chi connectivity index (χ0n) is 15.9. The van der Waals surface area contributed by atoms with Crippen LogP contribution in [-0.2, 0) is 11.4 Å². The maximum absolute atomic E-state index is 12.2. The summed E-state index contributed by atoms with van der Waals surface area (Å²) in [5.74, 6) is 0.376. The Morgan fingerprint density at radius 1 is 1.03 bits per heavy atom. The number of anilines is 1. The first-order valence-corrected chi connectivity index (χ1v) is 9.03. The molecule has 0 spiro atoms. The normalized spacial score (nSPS) is 10.7. The van der Waals surface area contributed by atoms with Crippen LogP contribution in [0.3, 0.4) is 0 Å². The Labute approximate surface area is 168 Å². The molecule has 0 saturated carbocycles. The zero-order chi connectivity index (χ0) is 20.6. The minimum Gasteiger partial charge on any atom is -0.489 e. The fourth-order valence-electron chi connectivity index (χ4n) is 2.72. The van der Waals surface area contributed by atoms with Gasteiger partial charge in [-0.2, -0.15) is 0 Å². The van der Waals surface area contributed by atoms with Crippen LogP contribution in [0.5, 0.6) is 5.75 Å². The molecule has 1 amide bonds. The minimum atomic E-state index is -0.470. The van der Waals surface area contributed by atoms with Crippen molar-refractivity contribution in [1.29, 1.82) is 0 Å². The first-order chi connectivity index (χ1) is 14.0. The van der Waals surface area contributed by atoms with Crippen molar-refractivity contribution in [3.05, 3.63) is 106 Å². The van der Waals surface area contributed by atoms with Crippen molar-refractivity contribution in [2.75, 3.05) is 5.32 Å². The SMILES string of the molecule is Cc1c(NC(=O)/C=C/c2ccc(OCc3ccccc3)cc2)cccc1[N+](=O)[O-]. The van der Waals surface area contributed by atoms with Crippen molar-refractivity contribution in [3.8, 4) is 5.75 Å². The van der Waals surface area contributed by atoms with E-state index in [0.717, 1.165) is 16.9 Å². The van der Waals surface area contributed by atoms with E-state index in [-0.39, 0.29) is 11.6 Å². The average Bonchev–Trinajstić information content (AvgIpc) is 2.73. The molecule has 0 fully saturated rings. The van der Waals surface area contributed by atoms with E-state index in [1.165, 1.54) is 12.1 Å². The third kappa shape index (κ3) is 5.52. The summed E-state index contributed by atoms with van der Waals surface area (Å²) in [6.45, 7) is 2.09. The fraction of sp³-hybridized carbons (Fsp3) is 0.0870. The summed E-state index contributed by atoms with van der Waals surface area (Å²) in [5.41, 5.74) is 2.73. The predicted molar refractivity (Wildman–Crippen MR) is 113 cm³/mol. The molecule has 0 unspecified atom stereocenters. The number of nitrogens with zero attached hydrogens (tertiary/aromatic N) is 1. The van der Waals surface area contributed by atoms with E-state index in [2.05, 4.69) is 5.32 Å². The van der Waals surface area contributed by atoms with Crippen molar-refractivity contribution in [2.24, 2.45) is 0 Å². The molecule has 0 saturated heterocycles. The van der Waals surface area contributed by atoms with Gasteiger partial charge in [-0.15, -0.1) is 0 Å². The second kappa shape index (κ2) is 9.32. The molecule has 3 aromatic carbocycles. The Morgan fingerprint density at radius 3 is 2.45 bits per heavy atom. The van der Waals surface area contributed by atoms with Crippen LogP contribution >= 0.6 is 0 Å². The second-order valence-corrected chi connectivity index (χ2v) is 6.37. The van der Waals surface area contributed by atoms with Crippen LogP contribution in [0.2, 0.25) is 0 Å². The number of nitro groups is 1. The number of carbonyl (C=O) groups is 1. The molecule has 0 atom stereocenters. The van der Waals surface area contributed by atoms with E-state index in [0.29, 0.717) is 17.9 Å². The van der Waals surface area contributed by atoms with Crippen LogP contribution in [0, 0.1) is 17.0 Å². The van der Waals surface area contributed by atoms with Crippen molar-refractivity contribution >= 4 is 23.4 Å². The number of nitrogens with one attached hydrogen (secondary N) is 1. The van der Waals surface area contributed by atoms with Gasteiger partial charge in [-0.3, -0.25) is 14.9 Å². The average molecular weight is 388 g/mol. The number of hydrogen-bond acceptors (Lipinski definition) is 4. The molecular weight excluding hydrogens is 368 g/mol. The minimum absolute atomic E-state index is 0.0297. The van der Waals surface area contributed by atoms with Gasteiger partial charge in [-0.05, 0) is 42.3 Å². The lowest BCUT2D eigenvalue weighted by atomic mass is 10.1. The topological polar surface area (TPSA) is 81.5 Å². The fourth-order valence-corrected chi connectivity index (χ4v) is 2.72. The van der Waals surface area contributed by atoms with Gasteiger partial charge in [0.05, 0.1) is 16.2 Å². The molecule has 0 aliphatic rings. The molecule has 6 heteroatoms. The third-order valence-electron chi connectivity index (χ3n) is 4.32. The van der Waals surface area contributed by atoms with E-state index in [9.17, 15) is 14.9 Å². The maximum Gasteiger partial charge on any atom is 0.274 e. The summed E-state index contributed by atoms with van der Waals surface area (Å²) in [7, 11) is 0. The van der Waals surface area contributed by atoms with Crippen LogP contribution in [-0.4, -0.2) is 10.8 Å². The maximum atomic E-state index is 12.2. The molecule has 6 nitrogen and oxygen atoms in total. The summed E-state index contributed by atoms with van der Waals surface area (Å²) in [6.07, 6.45) is 3.06. The summed E-state index contributed by atoms with van der Waals surface area (Å²) >= 11 is 0. The molecule has 0 bridgehead atoms. The van der Waals surface area contributed by atoms with Gasteiger partial charge in [0.2, 0.25) is 5.91 Å². The lowest BCUT2D eigenvalue weighted by molar-refractivity contribution is -0.385. The molecule has 0 aromatic heterocycles. The highest BCUT2D eigenvalue weighted by Gasteiger charge is 2.13. The molecule has 0 aliphatic heterocycles. The third-order valence-corrected chi connectivity index (χ3v) is 4.32. The summed E-state index contributed by atoms with van der Waals surface area (Å²) < 4.78 is 5.74. The molecule has 3 aromatic rings. The monoisotopic (exact) mass is 388 g/mol. The van der Waals surface area contributed by atoms with Gasteiger partial charge >= 0.3 is 0 Å². The van der Waals surface area contributed by atoms with E-state index in [4.69, 9.17) is 4.74 Å². The van der Waals surface area contributed by atoms with E-state index < -0.39 is 4.92 Å². The Kier molecular flexibility index (Phi) is 6.37. The van der Waals surface area contributed by atoms with Crippen LogP contribution < -0.4 is 10.1 Å². The molecule has 0 aliphatic carbocycles. The smallest absolute Gasteiger partial charge is 0.274 e. The lowest BCUT2D eigenvalue weighted by Gasteiger charge is -2.07. The molecule has 29 heavy (non-hydrogen) atoms. The van der Waals surface area contributed by atoms with Gasteiger partial charge in [-0.1, -0.05) is 48.5 Å². The van der Waals surface area contributed by atoms with E-state index >= 15 is 0 Å². The summed E-state index contributed by atoms with van der Waals surface area (Å²) in [6, 6.07) is 21.8. The molecule has 0 heterocycles. The summed E-state index contributed by atoms with van der Waals surface area (Å²) in [4.78, 5) is 22.7. The first kappa shape index (κ1) is 19.8. The second-order valence-electron chi connectivity index (χ2n) is 6.37. The lowest BCUT2D eigenvalue weighted by Crippen LogP contribution is -2.09. The molecular formula is C23H20N2O4. The largest absolute Gasteiger partial charge is 0.489 e. The number of nitro benzene ring substituents is 1. The highest BCUT2D eigenvalue weighted by Crippen LogP contribution is 2.25. The number of carbonyl (C=O) groups excluding carboxylic acids is 1. The van der Waals surface area contributed by atoms with Gasteiger partial charge in [0.1, 0.15) is 12.4 Å². The van der Waals surface area contributed by atoms with Crippen molar-refractivity contribution in [3.63, 3.8) is 0 Å². The van der Waals surface area contributed by atoms with Crippen molar-refractivity contribution in [2.45, 2.75) is 13.5 Å². The number of rotatable bonds is 7. The van der Waals surface area contributed by atoms with Crippen LogP contribution in [0.25, 0.3) is 6.08 Å². The van der Waals surface area contributed by atoms with Gasteiger partial charge in [0.25, 0.3) is 5.69 Å². The predicted octanol–water partition coefficient (Wildman–Crippen LogP) is 5.13. The highest BCUT2D eigenvalue weighted by molar-refractivity contribution is 6.02. The first-order valence-electron chi connectivity index (χ1n) is 9.03. The van der Waals surface area contributed by atoms with Gasteiger partial charge in [-0.25, -0.2) is 0 Å². The van der Waals surface area contributed by atoms with Crippen LogP contribution in [0.4, 0.5) is 11.4 Å². The summed E-state index contributed by atoms with van der Waals surface area (Å²) in [5, 5.41) is 13.7. The molecule has 1 N–H and O–H groups in total. The van der Waals surface area contributed by atoms with Gasteiger partial charge < -0.3 is 10.1 Å². The zero-order valence-corrected chi connectivity index (χ0v) is 15.9. The van der Waals surface area contributed by atoms with Crippen LogP contribution in [0.15, 0.2) is 78.9 Å². The van der Waals surface area contributed by atoms with E-state index in [1.807, 2.05) is 54.6 Å². The number of ether oxygens (including phenoxy) is 1. The standard InChI is InChI=1S/C23H20N2O4/c1-17-21(8-5-9-22(17)25(27)28)24-23(26)15-12-18-10-13-20(14-11-18)29-16-19-6-3-2-4-7-19/h2-15H,16H2,1H3,(H,24,26)/b15-12+. The number of amides is 1. The molecule has 0 radical (unpaired) electrons. The molecule has 146 valence electrons. The van der Waals surface area contributed by atoms with Crippen LogP contribution in [0.1, 0.15) is 16.7 Å². The Morgan fingerprint density at radius 2 is 1.76 bits per heavy atom. The number of benzene rings is 3. The van der Waals surface area contributed by atoms with Crippen molar-refractivity contribution in [1.82, 2.24) is 0 Å². The van der Waals surface area contributed by atoms with E-state index in [1.54, 1.807) is 25.1 Å². The quantitative estimate of drug-likeness (QED) is 0.345. The van der Waals surface area contributed by atoms with Gasteiger partial charge in [0.15, 0.2) is 0 Å². The highest BCUT2D eigenvalue weighted by atomic mass is 16.6. The Hall–Kier alpha value is -3.93. The number of hydrogen-bond donors (Lipinski definition) is 1.